The molecule has 7 heteroatoms. The van der Waals surface area contributed by atoms with Crippen LogP contribution < -0.4 is 5.56 Å². The zero-order valence-electron chi connectivity index (χ0n) is 18.9. The number of nitrogens with zero attached hydrogens (tertiary/aromatic N) is 3. The van der Waals surface area contributed by atoms with E-state index in [4.69, 9.17) is 9.72 Å². The van der Waals surface area contributed by atoms with Crippen molar-refractivity contribution in [2.45, 2.75) is 52.0 Å². The number of carbonyl (C=O) groups excluding carboxylic acids is 1. The van der Waals surface area contributed by atoms with Gasteiger partial charge in [-0.1, -0.05) is 19.9 Å². The van der Waals surface area contributed by atoms with Crippen molar-refractivity contribution in [2.75, 3.05) is 14.1 Å². The average molecular weight is 436 g/mol. The molecule has 0 spiro atoms. The van der Waals surface area contributed by atoms with Gasteiger partial charge in [-0.25, -0.2) is 9.78 Å². The van der Waals surface area contributed by atoms with Gasteiger partial charge in [0.1, 0.15) is 6.61 Å². The molecular formula is C25H29N3O4. The number of aryl methyl sites for hydroxylation is 1. The number of hydrogen-bond donors (Lipinski definition) is 1. The molecule has 0 amide bonds. The first kappa shape index (κ1) is 20.8. The summed E-state index contributed by atoms with van der Waals surface area (Å²) in [7, 11) is 4.11. The number of rotatable bonds is 4. The molecule has 1 atom stereocenters. The number of ether oxygens (including phenoxy) is 1. The maximum Gasteiger partial charge on any atom is 0.343 e. The molecule has 2 aromatic heterocycles. The molecule has 0 aliphatic carbocycles. The van der Waals surface area contributed by atoms with Crippen molar-refractivity contribution in [1.82, 2.24) is 14.5 Å². The van der Waals surface area contributed by atoms with E-state index in [0.29, 0.717) is 23.4 Å². The van der Waals surface area contributed by atoms with Gasteiger partial charge in [0.15, 0.2) is 5.60 Å². The molecule has 5 rings (SSSR count). The second kappa shape index (κ2) is 7.25. The highest BCUT2D eigenvalue weighted by molar-refractivity contribution is 5.88. The Balaban J connectivity index is 0.00000259. The minimum Gasteiger partial charge on any atom is -0.458 e. The fraction of sp³-hybridized carbons (Fsp3) is 0.400. The minimum absolute atomic E-state index is 0. The van der Waals surface area contributed by atoms with E-state index >= 15 is 0 Å². The summed E-state index contributed by atoms with van der Waals surface area (Å²) < 4.78 is 6.82. The van der Waals surface area contributed by atoms with Crippen LogP contribution in [0, 0.1) is 0 Å². The molecule has 0 saturated heterocycles. The van der Waals surface area contributed by atoms with Crippen LogP contribution in [-0.4, -0.2) is 39.6 Å². The van der Waals surface area contributed by atoms with Gasteiger partial charge in [-0.15, -0.1) is 0 Å². The molecule has 0 fully saturated rings. The number of aromatic nitrogens is 2. The van der Waals surface area contributed by atoms with Crippen LogP contribution in [0.4, 0.5) is 0 Å². The predicted octanol–water partition coefficient (Wildman–Crippen LogP) is 2.95. The van der Waals surface area contributed by atoms with Crippen LogP contribution in [0.3, 0.4) is 0 Å². The van der Waals surface area contributed by atoms with Crippen molar-refractivity contribution in [3.05, 3.63) is 62.4 Å². The molecule has 32 heavy (non-hydrogen) atoms. The molecule has 0 saturated carbocycles. The molecule has 0 radical (unpaired) electrons. The molecule has 3 aromatic rings. The minimum atomic E-state index is -1.81. The smallest absolute Gasteiger partial charge is 0.343 e. The van der Waals surface area contributed by atoms with E-state index in [-0.39, 0.29) is 20.0 Å². The quantitative estimate of drug-likeness (QED) is 0.496. The van der Waals surface area contributed by atoms with Gasteiger partial charge in [0.05, 0.1) is 29.0 Å². The largest absolute Gasteiger partial charge is 0.458 e. The Morgan fingerprint density at radius 2 is 2.03 bits per heavy atom. The monoisotopic (exact) mass is 435 g/mol. The number of benzene rings is 1. The molecule has 168 valence electrons. The average Bonchev–Trinajstić information content (AvgIpc) is 3.13. The summed E-state index contributed by atoms with van der Waals surface area (Å²) in [4.78, 5) is 32.7. The molecule has 4 heterocycles. The first-order valence-electron chi connectivity index (χ1n) is 11.0. The lowest BCUT2D eigenvalue weighted by atomic mass is 9.86. The molecule has 1 unspecified atom stereocenters. The van der Waals surface area contributed by atoms with Gasteiger partial charge < -0.3 is 19.3 Å². The van der Waals surface area contributed by atoms with Crippen LogP contribution >= 0.6 is 0 Å². The number of hydrogen-bond acceptors (Lipinski definition) is 6. The van der Waals surface area contributed by atoms with E-state index in [1.807, 2.05) is 6.07 Å². The summed E-state index contributed by atoms with van der Waals surface area (Å²) in [6.07, 6.45) is 1.07. The molecule has 1 N–H and O–H groups in total. The van der Waals surface area contributed by atoms with E-state index in [9.17, 15) is 14.7 Å². The van der Waals surface area contributed by atoms with E-state index in [2.05, 4.69) is 38.1 Å². The van der Waals surface area contributed by atoms with Gasteiger partial charge in [-0.2, -0.15) is 0 Å². The molecular weight excluding hydrogens is 406 g/mol. The summed E-state index contributed by atoms with van der Waals surface area (Å²) >= 11 is 0. The highest BCUT2D eigenvalue weighted by Crippen LogP contribution is 2.39. The van der Waals surface area contributed by atoms with E-state index in [1.54, 1.807) is 17.6 Å². The van der Waals surface area contributed by atoms with Crippen LogP contribution in [0.2, 0.25) is 0 Å². The highest BCUT2D eigenvalue weighted by Gasteiger charge is 2.45. The Bertz CT molecular complexity index is 1350. The van der Waals surface area contributed by atoms with Crippen LogP contribution in [0.1, 0.15) is 49.5 Å². The topological polar surface area (TPSA) is 84.7 Å². The van der Waals surface area contributed by atoms with E-state index < -0.39 is 11.6 Å². The highest BCUT2D eigenvalue weighted by atomic mass is 16.6. The molecule has 1 aromatic carbocycles. The predicted molar refractivity (Wildman–Crippen MR) is 123 cm³/mol. The zero-order chi connectivity index (χ0) is 22.8. The normalized spacial score (nSPS) is 19.1. The van der Waals surface area contributed by atoms with Crippen LogP contribution in [0.25, 0.3) is 22.3 Å². The van der Waals surface area contributed by atoms with Gasteiger partial charge in [-0.05, 0) is 56.3 Å². The van der Waals surface area contributed by atoms with Gasteiger partial charge in [0.2, 0.25) is 0 Å². The third-order valence-electron chi connectivity index (χ3n) is 6.76. The van der Waals surface area contributed by atoms with Crippen LogP contribution in [0.5, 0.6) is 0 Å². The molecule has 2 aliphatic rings. The van der Waals surface area contributed by atoms with Gasteiger partial charge in [0.25, 0.3) is 5.56 Å². The Morgan fingerprint density at radius 3 is 2.72 bits per heavy atom. The Hall–Kier alpha value is -3.03. The first-order chi connectivity index (χ1) is 15.3. The summed E-state index contributed by atoms with van der Waals surface area (Å²) in [5.41, 5.74) is 4.41. The van der Waals surface area contributed by atoms with Crippen LogP contribution in [-0.2, 0) is 41.2 Å². The van der Waals surface area contributed by atoms with Crippen molar-refractivity contribution in [3.63, 3.8) is 0 Å². The first-order valence-corrected chi connectivity index (χ1v) is 11.0. The lowest BCUT2D eigenvalue weighted by Gasteiger charge is -2.31. The van der Waals surface area contributed by atoms with Crippen LogP contribution in [0.15, 0.2) is 29.1 Å². The van der Waals surface area contributed by atoms with Crippen molar-refractivity contribution in [2.24, 2.45) is 0 Å². The van der Waals surface area contributed by atoms with E-state index in [0.717, 1.165) is 35.1 Å². The molecule has 7 nitrogen and oxygen atoms in total. The lowest BCUT2D eigenvalue weighted by Crippen LogP contribution is -2.44. The Labute approximate surface area is 187 Å². The maximum absolute atomic E-state index is 13.3. The standard InChI is InChI=1S/C25H27N3O4.H2/c1-5-14-7-8-20-16(17(14)12-27(3)4)9-15-11-28-21(22(15)26-20)10-19-18(23(28)29)13-32-24(30)25(19,31)6-2;/h7-10,31H,5-6,11-13H2,1-4H3;1H. The SMILES string of the molecule is CCc1ccc2nc3c(cc2c1CN(C)C)Cn1c-3cc2c(c1=O)COC(=O)C2(O)CC.[HH]. The van der Waals surface area contributed by atoms with Crippen molar-refractivity contribution in [1.29, 1.82) is 0 Å². The number of fused-ring (bicyclic) bond motifs is 5. The van der Waals surface area contributed by atoms with E-state index in [1.165, 1.54) is 11.1 Å². The maximum atomic E-state index is 13.3. The number of esters is 1. The number of pyridine rings is 2. The molecule has 2 aliphatic heterocycles. The summed E-state index contributed by atoms with van der Waals surface area (Å²) in [6.45, 7) is 4.97. The van der Waals surface area contributed by atoms with Crippen molar-refractivity contribution in [3.8, 4) is 11.4 Å². The third kappa shape index (κ3) is 2.84. The fourth-order valence-electron chi connectivity index (χ4n) is 4.99. The lowest BCUT2D eigenvalue weighted by molar-refractivity contribution is -0.172. The summed E-state index contributed by atoms with van der Waals surface area (Å²) in [6, 6.07) is 8.06. The second-order valence-electron chi connectivity index (χ2n) is 8.96. The Kier molecular flexibility index (Phi) is 4.72. The van der Waals surface area contributed by atoms with Gasteiger partial charge in [0, 0.05) is 24.5 Å². The van der Waals surface area contributed by atoms with Crippen molar-refractivity contribution >= 4 is 16.9 Å². The Morgan fingerprint density at radius 1 is 1.25 bits per heavy atom. The fourth-order valence-corrected chi connectivity index (χ4v) is 4.99. The summed E-state index contributed by atoms with van der Waals surface area (Å²) in [5, 5.41) is 12.1. The third-order valence-corrected chi connectivity index (χ3v) is 6.76. The summed E-state index contributed by atoms with van der Waals surface area (Å²) in [5.74, 6) is -0.707. The van der Waals surface area contributed by atoms with Gasteiger partial charge in [-0.3, -0.25) is 4.79 Å². The zero-order valence-corrected chi connectivity index (χ0v) is 18.9. The molecule has 0 bridgehead atoms. The number of aliphatic hydroxyl groups is 1. The number of carbonyl (C=O) groups is 1. The van der Waals surface area contributed by atoms with Crippen molar-refractivity contribution < 1.29 is 16.1 Å². The van der Waals surface area contributed by atoms with Gasteiger partial charge >= 0.3 is 5.97 Å². The number of cyclic esters (lactones) is 1. The second-order valence-corrected chi connectivity index (χ2v) is 8.96.